The zero-order chi connectivity index (χ0) is 8.27. The lowest BCUT2D eigenvalue weighted by molar-refractivity contribution is 0.0990. The van der Waals surface area contributed by atoms with Gasteiger partial charge in [0.05, 0.1) is 6.54 Å². The lowest BCUT2D eigenvalue weighted by atomic mass is 10.4. The van der Waals surface area contributed by atoms with Crippen molar-refractivity contribution in [3.05, 3.63) is 30.6 Å². The van der Waals surface area contributed by atoms with Crippen molar-refractivity contribution in [2.45, 2.75) is 6.54 Å². The summed E-state index contributed by atoms with van der Waals surface area (Å²) in [6, 6.07) is 1.58. The van der Waals surface area contributed by atoms with Crippen LogP contribution in [0.15, 0.2) is 24.9 Å². The van der Waals surface area contributed by atoms with Gasteiger partial charge in [-0.3, -0.25) is 9.48 Å². The van der Waals surface area contributed by atoms with Crippen molar-refractivity contribution in [3.8, 4) is 0 Å². The van der Waals surface area contributed by atoms with E-state index in [0.29, 0.717) is 12.2 Å². The molecule has 1 rings (SSSR count). The highest BCUT2D eigenvalue weighted by Crippen LogP contribution is 1.96. The number of rotatable bonds is 3. The monoisotopic (exact) mass is 151 g/mol. The van der Waals surface area contributed by atoms with Crippen molar-refractivity contribution in [3.63, 3.8) is 0 Å². The van der Waals surface area contributed by atoms with Crippen molar-refractivity contribution in [1.82, 2.24) is 9.78 Å². The zero-order valence-electron chi connectivity index (χ0n) is 6.03. The molecule has 1 aromatic rings. The number of aromatic nitrogens is 2. The maximum absolute atomic E-state index is 10.7. The van der Waals surface area contributed by atoms with Gasteiger partial charge in [-0.1, -0.05) is 6.08 Å². The Hall–Kier alpha value is -1.58. The van der Waals surface area contributed by atoms with Gasteiger partial charge in [0.15, 0.2) is 0 Å². The second-order valence-corrected chi connectivity index (χ2v) is 2.05. The number of allylic oxidation sites excluding steroid dienone is 1. The summed E-state index contributed by atoms with van der Waals surface area (Å²) >= 11 is 0. The van der Waals surface area contributed by atoms with Crippen LogP contribution >= 0.6 is 0 Å². The second kappa shape index (κ2) is 3.01. The number of carbonyl (C=O) groups is 1. The number of nitrogens with two attached hydrogens (primary N) is 1. The van der Waals surface area contributed by atoms with E-state index in [4.69, 9.17) is 5.73 Å². The molecule has 1 heterocycles. The summed E-state index contributed by atoms with van der Waals surface area (Å²) < 4.78 is 1.50. The summed E-state index contributed by atoms with van der Waals surface area (Å²) in [6.45, 7) is 4.03. The molecule has 0 fully saturated rings. The predicted octanol–water partition coefficient (Wildman–Crippen LogP) is 0.168. The highest BCUT2D eigenvalue weighted by atomic mass is 16.1. The molecule has 0 radical (unpaired) electrons. The zero-order valence-corrected chi connectivity index (χ0v) is 6.03. The Morgan fingerprint density at radius 1 is 1.91 bits per heavy atom. The van der Waals surface area contributed by atoms with Gasteiger partial charge in [0, 0.05) is 6.20 Å². The molecule has 0 saturated heterocycles. The van der Waals surface area contributed by atoms with Gasteiger partial charge in [-0.25, -0.2) is 0 Å². The average Bonchev–Trinajstić information content (AvgIpc) is 2.36. The first-order valence-corrected chi connectivity index (χ1v) is 3.18. The number of nitrogens with zero attached hydrogens (tertiary/aromatic N) is 2. The number of primary amides is 1. The number of hydrogen-bond donors (Lipinski definition) is 1. The van der Waals surface area contributed by atoms with Crippen molar-refractivity contribution >= 4 is 5.91 Å². The normalized spacial score (nSPS) is 9.45. The molecule has 4 heteroatoms. The van der Waals surface area contributed by atoms with Crippen molar-refractivity contribution < 1.29 is 4.79 Å². The quantitative estimate of drug-likeness (QED) is 0.626. The molecule has 0 aliphatic heterocycles. The summed E-state index contributed by atoms with van der Waals surface area (Å²) in [5.41, 5.74) is 5.46. The van der Waals surface area contributed by atoms with Gasteiger partial charge in [0.1, 0.15) is 5.69 Å². The molecule has 0 bridgehead atoms. The molecule has 1 aromatic heterocycles. The topological polar surface area (TPSA) is 60.9 Å². The Bertz CT molecular complexity index is 277. The lowest BCUT2D eigenvalue weighted by Gasteiger charge is -1.98. The Balaban J connectivity index is 2.95. The van der Waals surface area contributed by atoms with Gasteiger partial charge in [-0.2, -0.15) is 5.10 Å². The third kappa shape index (κ3) is 1.46. The van der Waals surface area contributed by atoms with Gasteiger partial charge in [0.2, 0.25) is 0 Å². The van der Waals surface area contributed by atoms with Crippen LogP contribution in [0.3, 0.4) is 0 Å². The highest BCUT2D eigenvalue weighted by Gasteiger charge is 2.05. The van der Waals surface area contributed by atoms with Crippen LogP contribution in [0, 0.1) is 0 Å². The van der Waals surface area contributed by atoms with Crippen LogP contribution in [-0.4, -0.2) is 15.7 Å². The summed E-state index contributed by atoms with van der Waals surface area (Å²) in [5, 5.41) is 3.87. The van der Waals surface area contributed by atoms with Crippen LogP contribution in [0.2, 0.25) is 0 Å². The molecule has 0 aliphatic carbocycles. The van der Waals surface area contributed by atoms with E-state index in [9.17, 15) is 4.79 Å². The molecule has 0 unspecified atom stereocenters. The van der Waals surface area contributed by atoms with E-state index in [1.165, 1.54) is 10.9 Å². The minimum atomic E-state index is -0.468. The molecule has 0 aromatic carbocycles. The van der Waals surface area contributed by atoms with Gasteiger partial charge in [-0.15, -0.1) is 6.58 Å². The van der Waals surface area contributed by atoms with Crippen LogP contribution in [0.25, 0.3) is 0 Å². The molecule has 4 nitrogen and oxygen atoms in total. The highest BCUT2D eigenvalue weighted by molar-refractivity contribution is 5.90. The molecule has 0 spiro atoms. The van der Waals surface area contributed by atoms with Crippen molar-refractivity contribution in [1.29, 1.82) is 0 Å². The van der Waals surface area contributed by atoms with Gasteiger partial charge in [0.25, 0.3) is 5.91 Å². The lowest BCUT2D eigenvalue weighted by Crippen LogP contribution is -2.17. The van der Waals surface area contributed by atoms with Crippen molar-refractivity contribution in [2.24, 2.45) is 5.73 Å². The summed E-state index contributed by atoms with van der Waals surface area (Å²) in [6.07, 6.45) is 3.18. The molecule has 2 N–H and O–H groups in total. The summed E-state index contributed by atoms with van der Waals surface area (Å²) in [5.74, 6) is -0.468. The fraction of sp³-hybridized carbons (Fsp3) is 0.143. The van der Waals surface area contributed by atoms with Crippen LogP contribution < -0.4 is 5.73 Å². The standard InChI is InChI=1S/C7H9N3O/c1-2-5-10-6(7(8)11)3-4-9-10/h2-4H,1,5H2,(H2,8,11). The average molecular weight is 151 g/mol. The van der Waals surface area contributed by atoms with Gasteiger partial charge in [-0.05, 0) is 6.07 Å². The van der Waals surface area contributed by atoms with E-state index in [0.717, 1.165) is 0 Å². The first-order chi connectivity index (χ1) is 5.25. The fourth-order valence-corrected chi connectivity index (χ4v) is 0.810. The van der Waals surface area contributed by atoms with Crippen LogP contribution in [0.1, 0.15) is 10.5 Å². The fourth-order valence-electron chi connectivity index (χ4n) is 0.810. The minimum Gasteiger partial charge on any atom is -0.364 e. The maximum atomic E-state index is 10.7. The summed E-state index contributed by atoms with van der Waals surface area (Å²) in [4.78, 5) is 10.7. The van der Waals surface area contributed by atoms with Crippen LogP contribution in [0.4, 0.5) is 0 Å². The molecule has 58 valence electrons. The maximum Gasteiger partial charge on any atom is 0.266 e. The first-order valence-electron chi connectivity index (χ1n) is 3.18. The Morgan fingerprint density at radius 3 is 3.18 bits per heavy atom. The molecular formula is C7H9N3O. The molecule has 0 saturated carbocycles. The first kappa shape index (κ1) is 7.53. The predicted molar refractivity (Wildman–Crippen MR) is 40.9 cm³/mol. The second-order valence-electron chi connectivity index (χ2n) is 2.05. The van der Waals surface area contributed by atoms with E-state index in [2.05, 4.69) is 11.7 Å². The Labute approximate surface area is 64.3 Å². The van der Waals surface area contributed by atoms with E-state index >= 15 is 0 Å². The third-order valence-corrected chi connectivity index (χ3v) is 1.27. The SMILES string of the molecule is C=CCn1nccc1C(N)=O. The minimum absolute atomic E-state index is 0.407. The van der Waals surface area contributed by atoms with E-state index in [-0.39, 0.29) is 0 Å². The van der Waals surface area contributed by atoms with E-state index in [1.807, 2.05) is 0 Å². The van der Waals surface area contributed by atoms with E-state index in [1.54, 1.807) is 12.1 Å². The van der Waals surface area contributed by atoms with Crippen LogP contribution in [0.5, 0.6) is 0 Å². The largest absolute Gasteiger partial charge is 0.364 e. The van der Waals surface area contributed by atoms with Gasteiger partial charge < -0.3 is 5.73 Å². The molecule has 1 amide bonds. The smallest absolute Gasteiger partial charge is 0.266 e. The molecule has 11 heavy (non-hydrogen) atoms. The van der Waals surface area contributed by atoms with Gasteiger partial charge >= 0.3 is 0 Å². The Morgan fingerprint density at radius 2 is 2.64 bits per heavy atom. The number of amides is 1. The molecule has 0 aliphatic rings. The number of carbonyl (C=O) groups excluding carboxylic acids is 1. The Kier molecular flexibility index (Phi) is 2.06. The molecular weight excluding hydrogens is 142 g/mol. The third-order valence-electron chi connectivity index (χ3n) is 1.27. The van der Waals surface area contributed by atoms with E-state index < -0.39 is 5.91 Å². The molecule has 0 atom stereocenters. The number of hydrogen-bond acceptors (Lipinski definition) is 2. The summed E-state index contributed by atoms with van der Waals surface area (Å²) in [7, 11) is 0. The van der Waals surface area contributed by atoms with Crippen molar-refractivity contribution in [2.75, 3.05) is 0 Å². The van der Waals surface area contributed by atoms with Crippen LogP contribution in [-0.2, 0) is 6.54 Å².